The van der Waals surface area contributed by atoms with Crippen molar-refractivity contribution in [3.05, 3.63) is 35.4 Å². The van der Waals surface area contributed by atoms with Crippen molar-refractivity contribution in [3.8, 4) is 0 Å². The van der Waals surface area contributed by atoms with E-state index in [2.05, 4.69) is 29.0 Å². The topological polar surface area (TPSA) is 44.3 Å². The second-order valence-electron chi connectivity index (χ2n) is 4.06. The highest BCUT2D eigenvalue weighted by Crippen LogP contribution is 2.27. The number of rotatable bonds is 3. The third-order valence-corrected chi connectivity index (χ3v) is 3.10. The van der Waals surface area contributed by atoms with Crippen molar-refractivity contribution in [1.29, 1.82) is 0 Å². The van der Waals surface area contributed by atoms with E-state index in [1.54, 1.807) is 0 Å². The molecule has 3 nitrogen and oxygen atoms in total. The van der Waals surface area contributed by atoms with Crippen molar-refractivity contribution in [3.63, 3.8) is 0 Å². The Hall–Kier alpha value is -0.900. The number of hydrogen-bond donors (Lipinski definition) is 3. The van der Waals surface area contributed by atoms with Crippen molar-refractivity contribution in [1.82, 2.24) is 10.8 Å². The molecule has 1 heterocycles. The van der Waals surface area contributed by atoms with Gasteiger partial charge in [-0.25, -0.2) is 5.48 Å². The lowest BCUT2D eigenvalue weighted by molar-refractivity contribution is 0.160. The van der Waals surface area contributed by atoms with E-state index in [1.807, 2.05) is 6.07 Å². The summed E-state index contributed by atoms with van der Waals surface area (Å²) in [6.45, 7) is 2.75. The first kappa shape index (κ1) is 10.6. The molecule has 0 unspecified atom stereocenters. The molecule has 2 rings (SSSR count). The highest BCUT2D eigenvalue weighted by atomic mass is 16.5. The van der Waals surface area contributed by atoms with Gasteiger partial charge in [0.2, 0.25) is 0 Å². The second kappa shape index (κ2) is 5.26. The molecule has 0 aromatic heterocycles. The summed E-state index contributed by atoms with van der Waals surface area (Å²) in [5.41, 5.74) is 4.85. The normalized spacial score (nSPS) is 17.9. The van der Waals surface area contributed by atoms with Gasteiger partial charge in [0.05, 0.1) is 0 Å². The Labute approximate surface area is 90.5 Å². The zero-order valence-electron chi connectivity index (χ0n) is 8.87. The summed E-state index contributed by atoms with van der Waals surface area (Å²) in [5.74, 6) is 0.649. The number of nitrogens with one attached hydrogen (secondary N) is 2. The van der Waals surface area contributed by atoms with Crippen LogP contribution in [0.4, 0.5) is 0 Å². The average molecular weight is 206 g/mol. The molecule has 82 valence electrons. The number of benzene rings is 1. The molecule has 0 aliphatic carbocycles. The van der Waals surface area contributed by atoms with E-state index >= 15 is 0 Å². The highest BCUT2D eigenvalue weighted by molar-refractivity contribution is 5.30. The Balaban J connectivity index is 2.17. The minimum atomic E-state index is 0.542. The summed E-state index contributed by atoms with van der Waals surface area (Å²) >= 11 is 0. The standard InChI is InChI=1S/C12H18N2O/c15-14-9-11-3-1-2-4-12(11)10-5-7-13-8-6-10/h1-4,10,13-15H,5-9H2. The lowest BCUT2D eigenvalue weighted by Gasteiger charge is -2.25. The summed E-state index contributed by atoms with van der Waals surface area (Å²) in [4.78, 5) is 0. The van der Waals surface area contributed by atoms with Crippen LogP contribution in [0.1, 0.15) is 29.9 Å². The molecule has 0 saturated carbocycles. The third kappa shape index (κ3) is 2.56. The summed E-state index contributed by atoms with van der Waals surface area (Å²) < 4.78 is 0. The molecule has 0 spiro atoms. The zero-order chi connectivity index (χ0) is 10.5. The van der Waals surface area contributed by atoms with Crippen LogP contribution in [0.3, 0.4) is 0 Å². The van der Waals surface area contributed by atoms with Crippen molar-refractivity contribution >= 4 is 0 Å². The first-order valence-corrected chi connectivity index (χ1v) is 5.57. The molecule has 1 aliphatic heterocycles. The van der Waals surface area contributed by atoms with Gasteiger partial charge in [-0.3, -0.25) is 0 Å². The maximum atomic E-state index is 8.78. The maximum absolute atomic E-state index is 8.78. The van der Waals surface area contributed by atoms with Crippen molar-refractivity contribution < 1.29 is 5.21 Å². The largest absolute Gasteiger partial charge is 0.317 e. The van der Waals surface area contributed by atoms with Crippen LogP contribution in [-0.2, 0) is 6.54 Å². The van der Waals surface area contributed by atoms with Crippen LogP contribution in [0.5, 0.6) is 0 Å². The molecule has 15 heavy (non-hydrogen) atoms. The maximum Gasteiger partial charge on any atom is 0.0460 e. The second-order valence-corrected chi connectivity index (χ2v) is 4.06. The van der Waals surface area contributed by atoms with Gasteiger partial charge in [0, 0.05) is 6.54 Å². The number of piperidine rings is 1. The van der Waals surface area contributed by atoms with Gasteiger partial charge < -0.3 is 10.5 Å². The van der Waals surface area contributed by atoms with Crippen LogP contribution < -0.4 is 10.8 Å². The Bertz CT molecular complexity index is 308. The number of hydroxylamine groups is 1. The smallest absolute Gasteiger partial charge is 0.0460 e. The van der Waals surface area contributed by atoms with Crippen molar-refractivity contribution in [2.24, 2.45) is 0 Å². The van der Waals surface area contributed by atoms with Gasteiger partial charge in [0.25, 0.3) is 0 Å². The molecule has 3 heteroatoms. The zero-order valence-corrected chi connectivity index (χ0v) is 8.87. The predicted octanol–water partition coefficient (Wildman–Crippen LogP) is 1.63. The average Bonchev–Trinajstić information content (AvgIpc) is 2.31. The summed E-state index contributed by atoms with van der Waals surface area (Å²) in [7, 11) is 0. The van der Waals surface area contributed by atoms with Gasteiger partial charge in [-0.05, 0) is 43.0 Å². The monoisotopic (exact) mass is 206 g/mol. The van der Waals surface area contributed by atoms with E-state index in [0.29, 0.717) is 12.5 Å². The summed E-state index contributed by atoms with van der Waals surface area (Å²) in [6, 6.07) is 8.37. The van der Waals surface area contributed by atoms with E-state index in [0.717, 1.165) is 13.1 Å². The minimum absolute atomic E-state index is 0.542. The SMILES string of the molecule is ONCc1ccccc1C1CCNCC1. The Morgan fingerprint density at radius 2 is 2.00 bits per heavy atom. The fourth-order valence-corrected chi connectivity index (χ4v) is 2.31. The van der Waals surface area contributed by atoms with Crippen LogP contribution in [0, 0.1) is 0 Å². The third-order valence-electron chi connectivity index (χ3n) is 3.10. The van der Waals surface area contributed by atoms with Crippen molar-refractivity contribution in [2.75, 3.05) is 13.1 Å². The molecule has 0 radical (unpaired) electrons. The fourth-order valence-electron chi connectivity index (χ4n) is 2.31. The molecule has 1 aliphatic rings. The lowest BCUT2D eigenvalue weighted by Crippen LogP contribution is -2.27. The quantitative estimate of drug-likeness (QED) is 0.659. The molecule has 0 bridgehead atoms. The van der Waals surface area contributed by atoms with Gasteiger partial charge in [0.15, 0.2) is 0 Å². The molecule has 0 atom stereocenters. The fraction of sp³-hybridized carbons (Fsp3) is 0.500. The molecule has 1 fully saturated rings. The summed E-state index contributed by atoms with van der Waals surface area (Å²) in [5, 5.41) is 12.2. The van der Waals surface area contributed by atoms with Crippen LogP contribution in [0.2, 0.25) is 0 Å². The molecule has 0 amide bonds. The molecule has 1 saturated heterocycles. The minimum Gasteiger partial charge on any atom is -0.317 e. The Kier molecular flexibility index (Phi) is 3.72. The first-order valence-electron chi connectivity index (χ1n) is 5.57. The molecular formula is C12H18N2O. The molecular weight excluding hydrogens is 188 g/mol. The first-order chi connectivity index (χ1) is 7.42. The highest BCUT2D eigenvalue weighted by Gasteiger charge is 2.17. The van der Waals surface area contributed by atoms with Crippen LogP contribution in [0.25, 0.3) is 0 Å². The molecule has 1 aromatic carbocycles. The summed E-state index contributed by atoms with van der Waals surface area (Å²) in [6.07, 6.45) is 2.39. The van der Waals surface area contributed by atoms with Gasteiger partial charge in [0.1, 0.15) is 0 Å². The van der Waals surface area contributed by atoms with E-state index in [1.165, 1.54) is 24.0 Å². The van der Waals surface area contributed by atoms with Crippen LogP contribution in [0.15, 0.2) is 24.3 Å². The molecule has 3 N–H and O–H groups in total. The Morgan fingerprint density at radius 3 is 2.73 bits per heavy atom. The van der Waals surface area contributed by atoms with E-state index in [9.17, 15) is 0 Å². The van der Waals surface area contributed by atoms with Gasteiger partial charge >= 0.3 is 0 Å². The van der Waals surface area contributed by atoms with Gasteiger partial charge in [-0.15, -0.1) is 0 Å². The van der Waals surface area contributed by atoms with E-state index < -0.39 is 0 Å². The number of hydrogen-bond acceptors (Lipinski definition) is 3. The molecule has 1 aromatic rings. The van der Waals surface area contributed by atoms with Crippen LogP contribution >= 0.6 is 0 Å². The predicted molar refractivity (Wildman–Crippen MR) is 59.9 cm³/mol. The Morgan fingerprint density at radius 1 is 1.27 bits per heavy atom. The van der Waals surface area contributed by atoms with Crippen LogP contribution in [-0.4, -0.2) is 18.3 Å². The van der Waals surface area contributed by atoms with Crippen molar-refractivity contribution in [2.45, 2.75) is 25.3 Å². The lowest BCUT2D eigenvalue weighted by atomic mass is 9.87. The van der Waals surface area contributed by atoms with E-state index in [4.69, 9.17) is 5.21 Å². The van der Waals surface area contributed by atoms with Gasteiger partial charge in [-0.2, -0.15) is 0 Å². The van der Waals surface area contributed by atoms with E-state index in [-0.39, 0.29) is 0 Å². The van der Waals surface area contributed by atoms with Gasteiger partial charge in [-0.1, -0.05) is 24.3 Å².